The second-order valence-corrected chi connectivity index (χ2v) is 5.61. The Morgan fingerprint density at radius 1 is 1.50 bits per heavy atom. The maximum absolute atomic E-state index is 12.7. The molecule has 0 N–H and O–H groups in total. The van der Waals surface area contributed by atoms with Crippen LogP contribution in [0.5, 0.6) is 0 Å². The van der Waals surface area contributed by atoms with Crippen molar-refractivity contribution in [3.8, 4) is 10.4 Å². The lowest BCUT2D eigenvalue weighted by Crippen LogP contribution is -2.16. The topological polar surface area (TPSA) is 96.4 Å². The van der Waals surface area contributed by atoms with E-state index in [9.17, 15) is 23.6 Å². The summed E-state index contributed by atoms with van der Waals surface area (Å²) in [6.45, 7) is 5.73. The normalized spacial score (nSPS) is 10.0. The summed E-state index contributed by atoms with van der Waals surface area (Å²) in [5.41, 5.74) is -1.06. The summed E-state index contributed by atoms with van der Waals surface area (Å²) in [5, 5.41) is 11.1. The fourth-order valence-electron chi connectivity index (χ4n) is 1.75. The molecule has 8 nitrogen and oxygen atoms in total. The lowest BCUT2D eigenvalue weighted by molar-refractivity contribution is -0.383. The number of hydrogen-bond acceptors (Lipinski definition) is 7. The van der Waals surface area contributed by atoms with Gasteiger partial charge in [0.2, 0.25) is 0 Å². The molecule has 0 saturated carbocycles. The smallest absolute Gasteiger partial charge is 0.348 e. The van der Waals surface area contributed by atoms with Gasteiger partial charge in [-0.2, -0.15) is 0 Å². The fraction of sp³-hybridized carbons (Fsp3) is 0.385. The van der Waals surface area contributed by atoms with Crippen LogP contribution < -0.4 is 5.56 Å². The third-order valence-electron chi connectivity index (χ3n) is 2.76. The van der Waals surface area contributed by atoms with Crippen LogP contribution in [0.3, 0.4) is 0 Å². The molecule has 0 amide bonds. The molecule has 0 saturated heterocycles. The van der Waals surface area contributed by atoms with Crippen LogP contribution >= 0.6 is 23.7 Å². The minimum atomic E-state index is -0.710. The molecule has 0 spiro atoms. The van der Waals surface area contributed by atoms with Gasteiger partial charge in [0.15, 0.2) is 12.3 Å². The molecular weight excluding hydrogens is 361 g/mol. The maximum Gasteiger partial charge on any atom is 0.348 e. The van der Waals surface area contributed by atoms with Gasteiger partial charge in [0.25, 0.3) is 11.2 Å². The number of rotatable bonds is 5. The first-order valence-corrected chi connectivity index (χ1v) is 8.43. The number of hydrogen-bond donors (Lipinski definition) is 0. The number of nitrogens with zero attached hydrogens (tertiary/aromatic N) is 3. The molecule has 132 valence electrons. The second-order valence-electron chi connectivity index (χ2n) is 4.05. The van der Waals surface area contributed by atoms with E-state index in [1.165, 1.54) is 7.05 Å². The minimum absolute atomic E-state index is 0.00579. The Morgan fingerprint density at radius 2 is 2.12 bits per heavy atom. The minimum Gasteiger partial charge on any atom is -0.462 e. The van der Waals surface area contributed by atoms with E-state index in [0.717, 1.165) is 32.4 Å². The molecule has 0 bridgehead atoms. The van der Waals surface area contributed by atoms with E-state index in [4.69, 9.17) is 4.74 Å². The highest BCUT2D eigenvalue weighted by atomic mass is 32.2. The van der Waals surface area contributed by atoms with Crippen LogP contribution in [0, 0.1) is 10.1 Å². The van der Waals surface area contributed by atoms with Crippen LogP contribution in [0.25, 0.3) is 10.4 Å². The number of ether oxygens (including phenoxy) is 1. The first kappa shape index (κ1) is 19.9. The van der Waals surface area contributed by atoms with Gasteiger partial charge in [-0.3, -0.25) is 14.9 Å². The van der Waals surface area contributed by atoms with Gasteiger partial charge in [-0.15, -0.1) is 15.2 Å². The molecule has 0 radical (unpaired) electrons. The number of carbonyl (C=O) groups is 1. The van der Waals surface area contributed by atoms with Gasteiger partial charge in [-0.05, 0) is 6.92 Å². The van der Waals surface area contributed by atoms with Gasteiger partial charge in [0, 0.05) is 13.1 Å². The summed E-state index contributed by atoms with van der Waals surface area (Å²) in [5.74, 6) is -0.710. The molecule has 0 aliphatic carbocycles. The van der Waals surface area contributed by atoms with Crippen LogP contribution in [0.1, 0.15) is 30.4 Å². The average molecular weight is 377 g/mol. The summed E-state index contributed by atoms with van der Waals surface area (Å²) in [6.07, 6.45) is 1.14. The Bertz CT molecular complexity index is 796. The number of thiophene rings is 1. The van der Waals surface area contributed by atoms with E-state index in [1.54, 1.807) is 6.92 Å². The molecule has 0 aromatic carbocycles. The largest absolute Gasteiger partial charge is 0.462 e. The molecule has 2 aromatic rings. The monoisotopic (exact) mass is 377 g/mol. The van der Waals surface area contributed by atoms with E-state index in [2.05, 4.69) is 0 Å². The molecule has 2 aromatic heterocycles. The summed E-state index contributed by atoms with van der Waals surface area (Å²) < 4.78 is 19.4. The van der Waals surface area contributed by atoms with Crippen molar-refractivity contribution in [2.24, 2.45) is 7.05 Å². The van der Waals surface area contributed by atoms with Crippen molar-refractivity contribution in [2.45, 2.75) is 20.8 Å². The summed E-state index contributed by atoms with van der Waals surface area (Å²) in [4.78, 5) is 34.2. The number of esters is 1. The zero-order valence-corrected chi connectivity index (χ0v) is 15.1. The number of nitro groups is 1. The highest BCUT2D eigenvalue weighted by molar-refractivity contribution is 7.92. The third-order valence-corrected chi connectivity index (χ3v) is 4.39. The molecule has 0 fully saturated rings. The molecule has 0 aliphatic rings. The molecular formula is C13H16FN3O5S2. The predicted molar refractivity (Wildman–Crippen MR) is 91.0 cm³/mol. The quantitative estimate of drug-likeness (QED) is 0.450. The van der Waals surface area contributed by atoms with E-state index in [0.29, 0.717) is 0 Å². The van der Waals surface area contributed by atoms with Crippen molar-refractivity contribution >= 4 is 35.3 Å². The Labute approximate surface area is 145 Å². The molecule has 2 heterocycles. The third kappa shape index (κ3) is 3.85. The Kier molecular flexibility index (Phi) is 7.17. The van der Waals surface area contributed by atoms with E-state index in [1.807, 2.05) is 13.8 Å². The Hall–Kier alpha value is -2.14. The lowest BCUT2D eigenvalue weighted by Gasteiger charge is -1.95. The lowest BCUT2D eigenvalue weighted by atomic mass is 10.2. The zero-order chi connectivity index (χ0) is 18.4. The Balaban J connectivity index is 0.00000139. The van der Waals surface area contributed by atoms with E-state index in [-0.39, 0.29) is 34.3 Å². The van der Waals surface area contributed by atoms with Crippen molar-refractivity contribution < 1.29 is 18.3 Å². The van der Waals surface area contributed by atoms with Gasteiger partial charge in [0.1, 0.15) is 9.75 Å². The van der Waals surface area contributed by atoms with Crippen LogP contribution in [-0.4, -0.2) is 26.3 Å². The fourth-order valence-corrected chi connectivity index (χ4v) is 3.08. The summed E-state index contributed by atoms with van der Waals surface area (Å²) >= 11 is 0.544. The predicted octanol–water partition coefficient (Wildman–Crippen LogP) is 3.41. The SMILES string of the molecule is CC.CCOC(=O)c1cc([N+](=O)[O-])c(-c2cn(SF)n(C)c2=O)s1. The first-order chi connectivity index (χ1) is 11.4. The summed E-state index contributed by atoms with van der Waals surface area (Å²) in [7, 11) is 1.32. The summed E-state index contributed by atoms with van der Waals surface area (Å²) in [6, 6.07) is 1.05. The average Bonchev–Trinajstić information content (AvgIpc) is 3.13. The van der Waals surface area contributed by atoms with Crippen LogP contribution in [0.4, 0.5) is 9.57 Å². The number of aromatic nitrogens is 2. The van der Waals surface area contributed by atoms with Crippen molar-refractivity contribution in [3.05, 3.63) is 37.6 Å². The number of carbonyl (C=O) groups excluding carboxylic acids is 1. The highest BCUT2D eigenvalue weighted by Gasteiger charge is 2.27. The van der Waals surface area contributed by atoms with Crippen LogP contribution in [0.15, 0.2) is 17.1 Å². The first-order valence-electron chi connectivity index (χ1n) is 6.94. The van der Waals surface area contributed by atoms with Gasteiger partial charge < -0.3 is 4.74 Å². The standard InChI is InChI=1S/C11H10FN3O5S2.C2H6/c1-3-20-11(17)8-4-7(15(18)19)9(21-8)6-5-14(22-12)13(2)10(6)16;1-2/h4-5H,3H2,1-2H3;1-2H3. The van der Waals surface area contributed by atoms with Gasteiger partial charge in [-0.1, -0.05) is 13.8 Å². The van der Waals surface area contributed by atoms with Crippen LogP contribution in [0.2, 0.25) is 0 Å². The van der Waals surface area contributed by atoms with E-state index < -0.39 is 22.1 Å². The second kappa shape index (κ2) is 8.64. The van der Waals surface area contributed by atoms with Crippen molar-refractivity contribution in [1.29, 1.82) is 0 Å². The van der Waals surface area contributed by atoms with Crippen molar-refractivity contribution in [3.63, 3.8) is 0 Å². The van der Waals surface area contributed by atoms with Crippen LogP contribution in [-0.2, 0) is 11.8 Å². The molecule has 24 heavy (non-hydrogen) atoms. The van der Waals surface area contributed by atoms with Crippen molar-refractivity contribution in [2.75, 3.05) is 6.61 Å². The molecule has 2 rings (SSSR count). The van der Waals surface area contributed by atoms with Gasteiger partial charge in [-0.25, -0.2) is 13.6 Å². The van der Waals surface area contributed by atoms with Gasteiger partial charge >= 0.3 is 5.97 Å². The molecule has 0 atom stereocenters. The molecule has 0 unspecified atom stereocenters. The van der Waals surface area contributed by atoms with Gasteiger partial charge in [0.05, 0.1) is 23.3 Å². The molecule has 11 heteroatoms. The van der Waals surface area contributed by atoms with E-state index >= 15 is 0 Å². The number of halogens is 1. The maximum atomic E-state index is 12.7. The zero-order valence-electron chi connectivity index (χ0n) is 13.4. The molecule has 0 aliphatic heterocycles. The Morgan fingerprint density at radius 3 is 2.58 bits per heavy atom. The highest BCUT2D eigenvalue weighted by Crippen LogP contribution is 2.37. The van der Waals surface area contributed by atoms with Crippen molar-refractivity contribution in [1.82, 2.24) is 8.77 Å².